The molecule has 1 atom stereocenters. The highest BCUT2D eigenvalue weighted by atomic mass is 16.3. The van der Waals surface area contributed by atoms with Crippen LogP contribution in [0.1, 0.15) is 17.2 Å². The molecular weight excluding hydrogens is 308 g/mol. The third-order valence-electron chi connectivity index (χ3n) is 4.33. The molecule has 0 aliphatic carbocycles. The lowest BCUT2D eigenvalue weighted by atomic mass is 9.92. The Morgan fingerprint density at radius 1 is 0.760 bits per heavy atom. The first kappa shape index (κ1) is 15.2. The Bertz CT molecular complexity index is 984. The molecule has 3 aromatic carbocycles. The van der Waals surface area contributed by atoms with E-state index in [0.29, 0.717) is 0 Å². The second-order valence-electron chi connectivity index (χ2n) is 5.92. The fraction of sp³-hybridized carbons (Fsp3) is 0.0455. The van der Waals surface area contributed by atoms with Gasteiger partial charge in [-0.1, -0.05) is 66.7 Å². The molecule has 0 saturated heterocycles. The second-order valence-corrected chi connectivity index (χ2v) is 5.92. The first-order valence-corrected chi connectivity index (χ1v) is 8.26. The summed E-state index contributed by atoms with van der Waals surface area (Å²) in [5.74, 6) is 1.04. The van der Waals surface area contributed by atoms with Crippen molar-refractivity contribution in [3.05, 3.63) is 102 Å². The first-order valence-electron chi connectivity index (χ1n) is 8.26. The van der Waals surface area contributed by atoms with E-state index in [1.54, 1.807) is 12.3 Å². The van der Waals surface area contributed by atoms with Crippen LogP contribution in [0.15, 0.2) is 91.1 Å². The minimum Gasteiger partial charge on any atom is -0.508 e. The van der Waals surface area contributed by atoms with Gasteiger partial charge in [-0.3, -0.25) is 0 Å². The number of fused-ring (bicyclic) bond motifs is 1. The summed E-state index contributed by atoms with van der Waals surface area (Å²) in [6, 6.07) is 27.5. The Morgan fingerprint density at radius 2 is 1.52 bits per heavy atom. The molecule has 0 spiro atoms. The molecule has 1 aromatic heterocycles. The third-order valence-corrected chi connectivity index (χ3v) is 4.33. The average Bonchev–Trinajstić information content (AvgIpc) is 2.68. The van der Waals surface area contributed by atoms with Gasteiger partial charge in [0.15, 0.2) is 0 Å². The van der Waals surface area contributed by atoms with Crippen molar-refractivity contribution in [1.82, 2.24) is 4.98 Å². The van der Waals surface area contributed by atoms with E-state index in [2.05, 4.69) is 28.5 Å². The van der Waals surface area contributed by atoms with Crippen molar-refractivity contribution in [2.75, 3.05) is 5.32 Å². The maximum Gasteiger partial charge on any atom is 0.126 e. The number of hydrogen-bond donors (Lipinski definition) is 2. The highest BCUT2D eigenvalue weighted by molar-refractivity contribution is 5.89. The molecule has 0 radical (unpaired) electrons. The maximum absolute atomic E-state index is 10.7. The number of benzene rings is 3. The minimum atomic E-state index is -0.206. The predicted molar refractivity (Wildman–Crippen MR) is 102 cm³/mol. The van der Waals surface area contributed by atoms with Crippen LogP contribution in [0.5, 0.6) is 5.75 Å². The molecule has 1 heterocycles. The lowest BCUT2D eigenvalue weighted by molar-refractivity contribution is 0.468. The molecule has 3 nitrogen and oxygen atoms in total. The number of aromatic nitrogens is 1. The average molecular weight is 326 g/mol. The number of phenols is 1. The molecule has 25 heavy (non-hydrogen) atoms. The molecule has 4 aromatic rings. The topological polar surface area (TPSA) is 45.1 Å². The summed E-state index contributed by atoms with van der Waals surface area (Å²) in [4.78, 5) is 4.39. The van der Waals surface area contributed by atoms with Crippen LogP contribution in [0.2, 0.25) is 0 Å². The lowest BCUT2D eigenvalue weighted by Gasteiger charge is -2.23. The number of rotatable bonds is 4. The van der Waals surface area contributed by atoms with Crippen LogP contribution in [0.4, 0.5) is 5.82 Å². The van der Waals surface area contributed by atoms with E-state index in [9.17, 15) is 5.11 Å². The molecule has 0 aliphatic heterocycles. The van der Waals surface area contributed by atoms with E-state index in [0.717, 1.165) is 27.7 Å². The highest BCUT2D eigenvalue weighted by Crippen LogP contribution is 2.37. The summed E-state index contributed by atoms with van der Waals surface area (Å²) in [7, 11) is 0. The number of anilines is 1. The van der Waals surface area contributed by atoms with E-state index in [1.807, 2.05) is 60.7 Å². The number of nitrogens with one attached hydrogen (secondary N) is 1. The molecule has 3 heteroatoms. The zero-order chi connectivity index (χ0) is 17.1. The zero-order valence-electron chi connectivity index (χ0n) is 13.6. The Kier molecular flexibility index (Phi) is 4.05. The summed E-state index contributed by atoms with van der Waals surface area (Å²) in [5, 5.41) is 16.3. The Morgan fingerprint density at radius 3 is 2.32 bits per heavy atom. The number of hydrogen-bond acceptors (Lipinski definition) is 3. The van der Waals surface area contributed by atoms with Gasteiger partial charge in [0.25, 0.3) is 0 Å². The zero-order valence-corrected chi connectivity index (χ0v) is 13.6. The molecule has 0 saturated carbocycles. The Balaban J connectivity index is 1.91. The van der Waals surface area contributed by atoms with Crippen LogP contribution in [0.3, 0.4) is 0 Å². The van der Waals surface area contributed by atoms with Gasteiger partial charge in [-0.2, -0.15) is 0 Å². The van der Waals surface area contributed by atoms with E-state index in [4.69, 9.17) is 0 Å². The molecule has 0 amide bonds. The third kappa shape index (κ3) is 3.04. The van der Waals surface area contributed by atoms with Crippen LogP contribution in [0.25, 0.3) is 10.8 Å². The van der Waals surface area contributed by atoms with Gasteiger partial charge in [0, 0.05) is 11.8 Å². The number of phenolic OH excluding ortho intramolecular Hbond substituents is 1. The van der Waals surface area contributed by atoms with E-state index < -0.39 is 0 Å². The van der Waals surface area contributed by atoms with Crippen LogP contribution in [-0.4, -0.2) is 10.1 Å². The van der Waals surface area contributed by atoms with Crippen molar-refractivity contribution < 1.29 is 5.11 Å². The normalized spacial score (nSPS) is 12.0. The van der Waals surface area contributed by atoms with Gasteiger partial charge >= 0.3 is 0 Å². The molecule has 0 fully saturated rings. The van der Waals surface area contributed by atoms with Gasteiger partial charge in [0.05, 0.1) is 6.04 Å². The maximum atomic E-state index is 10.7. The summed E-state index contributed by atoms with van der Waals surface area (Å²) >= 11 is 0. The monoisotopic (exact) mass is 326 g/mol. The first-order chi connectivity index (χ1) is 12.3. The molecule has 0 bridgehead atoms. The van der Waals surface area contributed by atoms with Gasteiger partial charge in [-0.15, -0.1) is 0 Å². The van der Waals surface area contributed by atoms with Gasteiger partial charge in [0.1, 0.15) is 11.6 Å². The van der Waals surface area contributed by atoms with Crippen LogP contribution < -0.4 is 5.32 Å². The Hall–Kier alpha value is -3.33. The number of nitrogens with zero attached hydrogens (tertiary/aromatic N) is 1. The standard InChI is InChI=1S/C22H18N2O/c25-19-14-13-16-8-4-5-11-18(16)21(19)22(17-9-2-1-3-10-17)24-20-12-6-7-15-23-20/h1-15,22,25H,(H,23,24). The highest BCUT2D eigenvalue weighted by Gasteiger charge is 2.20. The van der Waals surface area contributed by atoms with E-state index in [-0.39, 0.29) is 11.8 Å². The van der Waals surface area contributed by atoms with Gasteiger partial charge in [-0.25, -0.2) is 4.98 Å². The number of pyridine rings is 1. The largest absolute Gasteiger partial charge is 0.508 e. The fourth-order valence-corrected chi connectivity index (χ4v) is 3.15. The number of aromatic hydroxyl groups is 1. The molecular formula is C22H18N2O. The quantitative estimate of drug-likeness (QED) is 0.545. The molecule has 122 valence electrons. The van der Waals surface area contributed by atoms with Crippen molar-refractivity contribution in [1.29, 1.82) is 0 Å². The molecule has 0 aliphatic rings. The summed E-state index contributed by atoms with van der Waals surface area (Å²) in [6.45, 7) is 0. The smallest absolute Gasteiger partial charge is 0.126 e. The van der Waals surface area contributed by atoms with Crippen LogP contribution in [0, 0.1) is 0 Å². The molecule has 4 rings (SSSR count). The molecule has 2 N–H and O–H groups in total. The molecule has 1 unspecified atom stereocenters. The minimum absolute atomic E-state index is 0.206. The van der Waals surface area contributed by atoms with Gasteiger partial charge in [0.2, 0.25) is 0 Å². The van der Waals surface area contributed by atoms with Crippen LogP contribution >= 0.6 is 0 Å². The lowest BCUT2D eigenvalue weighted by Crippen LogP contribution is -2.14. The van der Waals surface area contributed by atoms with E-state index in [1.165, 1.54) is 0 Å². The second kappa shape index (κ2) is 6.65. The predicted octanol–water partition coefficient (Wildman–Crippen LogP) is 5.14. The van der Waals surface area contributed by atoms with Crippen molar-refractivity contribution >= 4 is 16.6 Å². The van der Waals surface area contributed by atoms with Crippen LogP contribution in [-0.2, 0) is 0 Å². The summed E-state index contributed by atoms with van der Waals surface area (Å²) < 4.78 is 0. The summed E-state index contributed by atoms with van der Waals surface area (Å²) in [6.07, 6.45) is 1.76. The van der Waals surface area contributed by atoms with Crippen molar-refractivity contribution in [3.8, 4) is 5.75 Å². The van der Waals surface area contributed by atoms with E-state index >= 15 is 0 Å². The summed E-state index contributed by atoms with van der Waals surface area (Å²) in [5.41, 5.74) is 1.93. The Labute approximate surface area is 146 Å². The fourth-order valence-electron chi connectivity index (χ4n) is 3.15. The van der Waals surface area contributed by atoms with Gasteiger partial charge in [-0.05, 0) is 34.5 Å². The van der Waals surface area contributed by atoms with Gasteiger partial charge < -0.3 is 10.4 Å². The van der Waals surface area contributed by atoms with Crippen molar-refractivity contribution in [3.63, 3.8) is 0 Å². The SMILES string of the molecule is Oc1ccc2ccccc2c1C(Nc1ccccn1)c1ccccc1. The van der Waals surface area contributed by atoms with Crippen molar-refractivity contribution in [2.45, 2.75) is 6.04 Å². The van der Waals surface area contributed by atoms with Crippen molar-refractivity contribution in [2.24, 2.45) is 0 Å².